The maximum atomic E-state index is 5.24. The zero-order valence-electron chi connectivity index (χ0n) is 34.7. The summed E-state index contributed by atoms with van der Waals surface area (Å²) in [5.74, 6) is 0.760. The van der Waals surface area contributed by atoms with Crippen molar-refractivity contribution in [3.63, 3.8) is 0 Å². The molecule has 0 spiro atoms. The van der Waals surface area contributed by atoms with Crippen LogP contribution in [0.25, 0.3) is 56.2 Å². The first kappa shape index (κ1) is 38.5. The number of nitrogens with zero attached hydrogens (tertiary/aromatic N) is 3. The van der Waals surface area contributed by atoms with Crippen LogP contribution in [-0.2, 0) is 11.8 Å². The first-order valence-electron chi connectivity index (χ1n) is 21.1. The van der Waals surface area contributed by atoms with Gasteiger partial charge in [0.2, 0.25) is 0 Å². The van der Waals surface area contributed by atoms with Gasteiger partial charge in [-0.15, -0.1) is 0 Å². The van der Waals surface area contributed by atoms with Gasteiger partial charge in [0.15, 0.2) is 5.82 Å². The van der Waals surface area contributed by atoms with E-state index in [9.17, 15) is 0 Å². The maximum Gasteiger partial charge on any atom is 0.160 e. The molecule has 60 heavy (non-hydrogen) atoms. The lowest BCUT2D eigenvalue weighted by Gasteiger charge is -2.26. The summed E-state index contributed by atoms with van der Waals surface area (Å²) in [5, 5.41) is 2.38. The fourth-order valence-corrected chi connectivity index (χ4v) is 8.47. The molecule has 1 heterocycles. The number of hydrogen-bond donors (Lipinski definition) is 0. The highest BCUT2D eigenvalue weighted by atomic mass is 14.9. The smallest absolute Gasteiger partial charge is 0.160 e. The van der Waals surface area contributed by atoms with Crippen molar-refractivity contribution in [2.24, 2.45) is 4.99 Å². The molecule has 3 nitrogen and oxygen atoms in total. The lowest BCUT2D eigenvalue weighted by molar-refractivity contribution is 0.641. The van der Waals surface area contributed by atoms with Gasteiger partial charge in [-0.1, -0.05) is 190 Å². The van der Waals surface area contributed by atoms with E-state index in [2.05, 4.69) is 203 Å². The third-order valence-electron chi connectivity index (χ3n) is 12.0. The van der Waals surface area contributed by atoms with Crippen molar-refractivity contribution in [3.8, 4) is 22.5 Å². The third kappa shape index (κ3) is 7.92. The summed E-state index contributed by atoms with van der Waals surface area (Å²) >= 11 is 0. The van der Waals surface area contributed by atoms with Gasteiger partial charge in [-0.05, 0) is 94.5 Å². The third-order valence-corrected chi connectivity index (χ3v) is 12.0. The van der Waals surface area contributed by atoms with Gasteiger partial charge in [-0.2, -0.15) is 0 Å². The molecule has 0 N–H and O–H groups in total. The average molecular weight is 776 g/mol. The van der Waals surface area contributed by atoms with E-state index in [4.69, 9.17) is 15.0 Å². The van der Waals surface area contributed by atoms with E-state index in [-0.39, 0.29) is 5.41 Å². The van der Waals surface area contributed by atoms with Crippen molar-refractivity contribution in [3.05, 3.63) is 227 Å². The number of rotatable bonds is 10. The van der Waals surface area contributed by atoms with Crippen LogP contribution in [0, 0.1) is 0 Å². The summed E-state index contributed by atoms with van der Waals surface area (Å²) in [5.41, 5.74) is 16.0. The largest absolute Gasteiger partial charge is 0.252 e. The number of hydrogen-bond acceptors (Lipinski definition) is 3. The van der Waals surface area contributed by atoms with E-state index < -0.39 is 0 Å². The predicted molar refractivity (Wildman–Crippen MR) is 255 cm³/mol. The lowest BCUT2D eigenvalue weighted by Crippen LogP contribution is -2.18. The molecular formula is C57H49N3. The van der Waals surface area contributed by atoms with Crippen molar-refractivity contribution < 1.29 is 0 Å². The monoisotopic (exact) mass is 775 g/mol. The first-order chi connectivity index (χ1) is 29.3. The number of allylic oxidation sites excluding steroid dienone is 7. The van der Waals surface area contributed by atoms with E-state index in [0.29, 0.717) is 0 Å². The van der Waals surface area contributed by atoms with E-state index in [0.717, 1.165) is 93.3 Å². The van der Waals surface area contributed by atoms with Crippen molar-refractivity contribution in [2.45, 2.75) is 51.9 Å². The second-order valence-corrected chi connectivity index (χ2v) is 16.3. The molecule has 0 unspecified atom stereocenters. The Morgan fingerprint density at radius 3 is 2.15 bits per heavy atom. The van der Waals surface area contributed by atoms with Gasteiger partial charge >= 0.3 is 0 Å². The minimum atomic E-state index is -0.258. The van der Waals surface area contributed by atoms with Crippen LogP contribution in [0.2, 0.25) is 0 Å². The first-order valence-corrected chi connectivity index (χ1v) is 21.1. The maximum absolute atomic E-state index is 5.24. The second kappa shape index (κ2) is 16.7. The number of aryl methyl sites for hydroxylation is 1. The summed E-state index contributed by atoms with van der Waals surface area (Å²) in [7, 11) is 0. The summed E-state index contributed by atoms with van der Waals surface area (Å²) in [6.07, 6.45) is 17.4. The molecule has 2 aliphatic carbocycles. The molecule has 0 fully saturated rings. The molecule has 0 bridgehead atoms. The molecule has 0 amide bonds. The van der Waals surface area contributed by atoms with E-state index in [1.54, 1.807) is 0 Å². The predicted octanol–water partition coefficient (Wildman–Crippen LogP) is 14.5. The molecule has 292 valence electrons. The van der Waals surface area contributed by atoms with E-state index >= 15 is 0 Å². The van der Waals surface area contributed by atoms with Crippen LogP contribution in [0.4, 0.5) is 0 Å². The Kier molecular flexibility index (Phi) is 10.7. The molecule has 0 atom stereocenters. The van der Waals surface area contributed by atoms with Gasteiger partial charge in [0.05, 0.1) is 17.1 Å². The van der Waals surface area contributed by atoms with Crippen LogP contribution >= 0.6 is 0 Å². The Bertz CT molecular complexity index is 2880. The summed E-state index contributed by atoms with van der Waals surface area (Å²) in [6.45, 7) is 11.2. The average Bonchev–Trinajstić information content (AvgIpc) is 3.31. The lowest BCUT2D eigenvalue weighted by atomic mass is 9.77. The number of aliphatic imine (C=N–C) groups is 1. The molecule has 2 aliphatic rings. The van der Waals surface area contributed by atoms with Crippen LogP contribution in [0.15, 0.2) is 188 Å². The van der Waals surface area contributed by atoms with Gasteiger partial charge in [-0.3, -0.25) is 4.99 Å². The molecule has 7 aromatic rings. The van der Waals surface area contributed by atoms with Crippen LogP contribution in [0.1, 0.15) is 84.8 Å². The Hall–Kier alpha value is -6.97. The van der Waals surface area contributed by atoms with Crippen molar-refractivity contribution in [2.75, 3.05) is 0 Å². The van der Waals surface area contributed by atoms with Gasteiger partial charge in [0.25, 0.3) is 0 Å². The molecule has 1 aromatic heterocycles. The quantitative estimate of drug-likeness (QED) is 0.102. The van der Waals surface area contributed by atoms with E-state index in [1.165, 1.54) is 33.0 Å². The van der Waals surface area contributed by atoms with Crippen LogP contribution in [0.5, 0.6) is 0 Å². The summed E-state index contributed by atoms with van der Waals surface area (Å²) in [6, 6.07) is 51.9. The zero-order chi connectivity index (χ0) is 41.1. The van der Waals surface area contributed by atoms with Gasteiger partial charge in [-0.25, -0.2) is 9.97 Å². The zero-order valence-corrected chi connectivity index (χ0v) is 34.7. The molecule has 6 aromatic carbocycles. The van der Waals surface area contributed by atoms with Crippen molar-refractivity contribution >= 4 is 39.4 Å². The SMILES string of the molecule is C=C(/C=C(\N=C(C)c1ccccc1)c1ccc(C(C)(C)c2ccc(-c3cc(-c4cccc5ccccc45)nc(C4=CCCC=C4)n3)cc2)cc1)c1cccc2c1C=CCC2. The molecule has 3 heteroatoms. The molecule has 0 saturated heterocycles. The molecule has 9 rings (SSSR count). The molecule has 0 radical (unpaired) electrons. The molecular weight excluding hydrogens is 727 g/mol. The van der Waals surface area contributed by atoms with Gasteiger partial charge in [0, 0.05) is 33.4 Å². The molecule has 0 aliphatic heterocycles. The fourth-order valence-electron chi connectivity index (χ4n) is 8.47. The normalized spacial score (nSPS) is 14.2. The Balaban J connectivity index is 1.04. The van der Waals surface area contributed by atoms with Crippen molar-refractivity contribution in [1.82, 2.24) is 9.97 Å². The van der Waals surface area contributed by atoms with Crippen LogP contribution < -0.4 is 0 Å². The minimum absolute atomic E-state index is 0.258. The minimum Gasteiger partial charge on any atom is -0.252 e. The second-order valence-electron chi connectivity index (χ2n) is 16.3. The Labute approximate surface area is 354 Å². The van der Waals surface area contributed by atoms with E-state index in [1.807, 2.05) is 6.07 Å². The number of benzene rings is 6. The van der Waals surface area contributed by atoms with Crippen LogP contribution in [-0.4, -0.2) is 15.7 Å². The fraction of sp³-hybridized carbons (Fsp3) is 0.140. The molecule has 0 saturated carbocycles. The topological polar surface area (TPSA) is 38.1 Å². The van der Waals surface area contributed by atoms with Gasteiger partial charge in [0.1, 0.15) is 0 Å². The summed E-state index contributed by atoms with van der Waals surface area (Å²) in [4.78, 5) is 15.5. The highest BCUT2D eigenvalue weighted by Gasteiger charge is 2.24. The van der Waals surface area contributed by atoms with Gasteiger partial charge < -0.3 is 0 Å². The highest BCUT2D eigenvalue weighted by Crippen LogP contribution is 2.37. The number of fused-ring (bicyclic) bond motifs is 2. The Morgan fingerprint density at radius 1 is 0.667 bits per heavy atom. The number of aromatic nitrogens is 2. The standard InChI is InChI=1S/C57H49N3/c1-39(49-27-15-23-42-19-11-13-25-50(42)49)37-53(58-40(2)41-17-7-5-8-18-41)44-29-33-47(34-30-44)57(3,4)48-35-31-45(32-36-48)54-38-55(60-56(59-54)46-21-9-6-10-22-46)52-28-16-24-43-20-12-14-26-51(43)52/h5,7-9,12-18,20-38H,1,6,10-11,19H2,2-4H3/b53-37-,58-40?. The van der Waals surface area contributed by atoms with Crippen LogP contribution in [0.3, 0.4) is 0 Å². The highest BCUT2D eigenvalue weighted by molar-refractivity contribution is 6.02. The Morgan fingerprint density at radius 2 is 1.37 bits per heavy atom. The summed E-state index contributed by atoms with van der Waals surface area (Å²) < 4.78 is 0. The van der Waals surface area contributed by atoms with Crippen molar-refractivity contribution in [1.29, 1.82) is 0 Å².